The third-order valence-corrected chi connectivity index (χ3v) is 8.96. The fourth-order valence-electron chi connectivity index (χ4n) is 4.31. The predicted octanol–water partition coefficient (Wildman–Crippen LogP) is 4.39. The molecule has 1 aromatic carbocycles. The Kier molecular flexibility index (Phi) is 7.25. The predicted molar refractivity (Wildman–Crippen MR) is 143 cm³/mol. The number of aromatic nitrogens is 4. The van der Waals surface area contributed by atoms with Gasteiger partial charge in [0.05, 0.1) is 23.3 Å². The molecule has 3 N–H and O–H groups in total. The summed E-state index contributed by atoms with van der Waals surface area (Å²) in [6.07, 6.45) is 1.63. The number of amides is 1. The fourth-order valence-corrected chi connectivity index (χ4v) is 6.84. The van der Waals surface area contributed by atoms with E-state index in [0.717, 1.165) is 5.01 Å². The van der Waals surface area contributed by atoms with Crippen LogP contribution in [0.3, 0.4) is 0 Å². The molecule has 0 fully saturated rings. The van der Waals surface area contributed by atoms with Crippen LogP contribution in [0.5, 0.6) is 0 Å². The van der Waals surface area contributed by atoms with Crippen molar-refractivity contribution < 1.29 is 9.59 Å². The first kappa shape index (κ1) is 25.3. The Morgan fingerprint density at radius 2 is 2.08 bits per heavy atom. The molecule has 0 saturated heterocycles. The van der Waals surface area contributed by atoms with E-state index in [2.05, 4.69) is 31.8 Å². The molecule has 3 aromatic rings. The lowest BCUT2D eigenvalue weighted by Gasteiger charge is -2.38. The molecule has 1 aliphatic heterocycles. The van der Waals surface area contributed by atoms with Crippen molar-refractivity contribution >= 4 is 68.0 Å². The number of halogens is 1. The van der Waals surface area contributed by atoms with E-state index in [9.17, 15) is 14.9 Å². The molecule has 0 bridgehead atoms. The van der Waals surface area contributed by atoms with E-state index in [1.54, 1.807) is 24.0 Å². The lowest BCUT2D eigenvalue weighted by molar-refractivity contribution is -0.116. The van der Waals surface area contributed by atoms with Crippen LogP contribution in [-0.4, -0.2) is 37.8 Å². The summed E-state index contributed by atoms with van der Waals surface area (Å²) in [6.45, 7) is 1.81. The molecule has 188 valence electrons. The number of Topliss-reactive ketones (excluding diaryl/α,β-unsaturated/α-hetero) is 1. The van der Waals surface area contributed by atoms with Crippen LogP contribution in [0.25, 0.3) is 0 Å². The number of hydrogen-bond donors (Lipinski definition) is 2. The highest BCUT2D eigenvalue weighted by Gasteiger charge is 2.41. The highest BCUT2D eigenvalue weighted by molar-refractivity contribution is 8.01. The minimum atomic E-state index is -0.646. The van der Waals surface area contributed by atoms with Crippen molar-refractivity contribution in [1.82, 2.24) is 20.4 Å². The van der Waals surface area contributed by atoms with Crippen LogP contribution in [0.4, 0.5) is 10.3 Å². The van der Waals surface area contributed by atoms with Gasteiger partial charge in [0.1, 0.15) is 10.8 Å². The number of anilines is 2. The SMILES string of the molecule is Cc1nnc(NC(=O)CSc2nnc(N3C(N)=C(C#N)C(c4ccccc4Cl)C4=C3CCCC4=O)s2)s1. The Labute approximate surface area is 229 Å². The first-order valence-corrected chi connectivity index (χ1v) is 14.1. The number of nitrogens with two attached hydrogens (primary N) is 1. The van der Waals surface area contributed by atoms with Gasteiger partial charge in [0.2, 0.25) is 16.2 Å². The Hall–Kier alpha value is -3.31. The van der Waals surface area contributed by atoms with E-state index in [0.29, 0.717) is 55.7 Å². The third kappa shape index (κ3) is 4.97. The lowest BCUT2D eigenvalue weighted by Crippen LogP contribution is -2.38. The number of aryl methyl sites for hydroxylation is 1. The molecule has 10 nitrogen and oxygen atoms in total. The van der Waals surface area contributed by atoms with E-state index >= 15 is 0 Å². The van der Waals surface area contributed by atoms with Crippen LogP contribution in [0.15, 0.2) is 51.3 Å². The number of nitrogens with one attached hydrogen (secondary N) is 1. The molecule has 3 heterocycles. The number of hydrogen-bond acceptors (Lipinski definition) is 12. The molecule has 0 radical (unpaired) electrons. The van der Waals surface area contributed by atoms with Gasteiger partial charge in [-0.2, -0.15) is 5.26 Å². The van der Waals surface area contributed by atoms with E-state index < -0.39 is 5.92 Å². The zero-order valence-electron chi connectivity index (χ0n) is 19.4. The van der Waals surface area contributed by atoms with E-state index in [1.807, 2.05) is 12.1 Å². The summed E-state index contributed by atoms with van der Waals surface area (Å²) in [5.41, 5.74) is 8.68. The number of rotatable bonds is 6. The second-order valence-corrected chi connectivity index (χ2v) is 11.9. The standard InChI is InChI=1S/C23H19ClN8O2S3/c1-11-28-29-21(36-11)27-17(34)10-35-23-31-30-22(37-23)32-15-7-4-8-16(33)19(15)18(13(9-25)20(32)26)12-5-2-3-6-14(12)24/h2-3,5-6,18H,4,7-8,10,26H2,1H3,(H,27,29,34). The quantitative estimate of drug-likeness (QED) is 0.408. The Bertz CT molecular complexity index is 1510. The van der Waals surface area contributed by atoms with Crippen molar-refractivity contribution in [2.24, 2.45) is 5.73 Å². The summed E-state index contributed by atoms with van der Waals surface area (Å²) in [6, 6.07) is 9.38. The fraction of sp³-hybridized carbons (Fsp3) is 0.261. The van der Waals surface area contributed by atoms with Gasteiger partial charge in [-0.05, 0) is 31.4 Å². The van der Waals surface area contributed by atoms with Gasteiger partial charge in [0, 0.05) is 22.7 Å². The van der Waals surface area contributed by atoms with Gasteiger partial charge in [0.25, 0.3) is 0 Å². The van der Waals surface area contributed by atoms with E-state index in [1.165, 1.54) is 34.4 Å². The van der Waals surface area contributed by atoms with Gasteiger partial charge in [-0.1, -0.05) is 64.2 Å². The number of carbonyl (C=O) groups excluding carboxylic acids is 2. The normalized spacial score (nSPS) is 17.6. The maximum absolute atomic E-state index is 13.2. The molecule has 2 aliphatic rings. The molecule has 2 aromatic heterocycles. The Morgan fingerprint density at radius 1 is 1.27 bits per heavy atom. The smallest absolute Gasteiger partial charge is 0.236 e. The first-order valence-electron chi connectivity index (χ1n) is 11.1. The van der Waals surface area contributed by atoms with Crippen LogP contribution in [0.2, 0.25) is 5.02 Å². The summed E-state index contributed by atoms with van der Waals surface area (Å²) in [5.74, 6) is -0.639. The van der Waals surface area contributed by atoms with Gasteiger partial charge in [0.15, 0.2) is 10.1 Å². The summed E-state index contributed by atoms with van der Waals surface area (Å²) >= 11 is 10.2. The Balaban J connectivity index is 1.44. The molecule has 0 saturated carbocycles. The number of carbonyl (C=O) groups is 2. The maximum Gasteiger partial charge on any atom is 0.236 e. The van der Waals surface area contributed by atoms with Crippen LogP contribution in [0.1, 0.15) is 35.8 Å². The molecular weight excluding hydrogens is 552 g/mol. The zero-order chi connectivity index (χ0) is 26.1. The number of nitrogens with zero attached hydrogens (tertiary/aromatic N) is 6. The average molecular weight is 571 g/mol. The van der Waals surface area contributed by atoms with Crippen molar-refractivity contribution in [2.45, 2.75) is 36.4 Å². The summed E-state index contributed by atoms with van der Waals surface area (Å²) in [7, 11) is 0. The van der Waals surface area contributed by atoms with Crippen molar-refractivity contribution in [3.05, 3.63) is 62.5 Å². The van der Waals surface area contributed by atoms with Gasteiger partial charge in [-0.25, -0.2) is 0 Å². The van der Waals surface area contributed by atoms with Gasteiger partial charge >= 0.3 is 0 Å². The minimum absolute atomic E-state index is 0.0425. The van der Waals surface area contributed by atoms with Gasteiger partial charge in [-0.3, -0.25) is 19.8 Å². The van der Waals surface area contributed by atoms with Crippen LogP contribution < -0.4 is 16.0 Å². The largest absolute Gasteiger partial charge is 0.384 e. The molecule has 1 unspecified atom stereocenters. The molecule has 0 spiro atoms. The molecule has 1 amide bonds. The van der Waals surface area contributed by atoms with E-state index in [4.69, 9.17) is 17.3 Å². The zero-order valence-corrected chi connectivity index (χ0v) is 22.6. The molecular formula is C23H19ClN8O2S3. The number of ketones is 1. The highest BCUT2D eigenvalue weighted by atomic mass is 35.5. The van der Waals surface area contributed by atoms with Crippen LogP contribution >= 0.6 is 46.0 Å². The summed E-state index contributed by atoms with van der Waals surface area (Å²) in [5, 5.41) is 31.1. The van der Waals surface area contributed by atoms with Crippen molar-refractivity contribution in [3.8, 4) is 6.07 Å². The molecule has 14 heteroatoms. The second-order valence-electron chi connectivity index (χ2n) is 8.15. The van der Waals surface area contributed by atoms with E-state index in [-0.39, 0.29) is 28.8 Å². The summed E-state index contributed by atoms with van der Waals surface area (Å²) in [4.78, 5) is 27.2. The monoisotopic (exact) mass is 570 g/mol. The lowest BCUT2D eigenvalue weighted by atomic mass is 9.76. The Morgan fingerprint density at radius 3 is 2.81 bits per heavy atom. The molecule has 37 heavy (non-hydrogen) atoms. The number of nitriles is 1. The minimum Gasteiger partial charge on any atom is -0.384 e. The van der Waals surface area contributed by atoms with Crippen molar-refractivity contribution in [2.75, 3.05) is 16.0 Å². The summed E-state index contributed by atoms with van der Waals surface area (Å²) < 4.78 is 0.544. The van der Waals surface area contributed by atoms with Crippen molar-refractivity contribution in [3.63, 3.8) is 0 Å². The number of benzene rings is 1. The van der Waals surface area contributed by atoms with Gasteiger partial charge in [-0.15, -0.1) is 20.4 Å². The number of thioether (sulfide) groups is 1. The second kappa shape index (κ2) is 10.6. The molecule has 5 rings (SSSR count). The maximum atomic E-state index is 13.2. The third-order valence-electron chi connectivity index (χ3n) is 5.82. The average Bonchev–Trinajstić information content (AvgIpc) is 3.51. The highest BCUT2D eigenvalue weighted by Crippen LogP contribution is 2.48. The first-order chi connectivity index (χ1) is 17.9. The molecule has 1 atom stereocenters. The van der Waals surface area contributed by atoms with Gasteiger partial charge < -0.3 is 5.73 Å². The number of allylic oxidation sites excluding steroid dienone is 3. The van der Waals surface area contributed by atoms with Crippen LogP contribution in [-0.2, 0) is 9.59 Å². The topological polar surface area (TPSA) is 151 Å². The van der Waals surface area contributed by atoms with Crippen LogP contribution in [0, 0.1) is 18.3 Å². The molecule has 1 aliphatic carbocycles. The van der Waals surface area contributed by atoms with Crippen molar-refractivity contribution in [1.29, 1.82) is 5.26 Å².